The summed E-state index contributed by atoms with van der Waals surface area (Å²) in [4.78, 5) is 27.0. The average Bonchev–Trinajstić information content (AvgIpc) is 2.88. The second-order valence-electron chi connectivity index (χ2n) is 5.01. The first-order valence-electron chi connectivity index (χ1n) is 7.08. The van der Waals surface area contributed by atoms with E-state index in [2.05, 4.69) is 4.99 Å². The van der Waals surface area contributed by atoms with Crippen LogP contribution in [0.1, 0.15) is 18.1 Å². The zero-order valence-corrected chi connectivity index (χ0v) is 12.7. The smallest absolute Gasteiger partial charge is 0.363 e. The first kappa shape index (κ1) is 15.6. The molecule has 1 heterocycles. The number of rotatable bonds is 3. The number of carbonyl (C=O) groups excluding carboxylic acids is 2. The van der Waals surface area contributed by atoms with Crippen LogP contribution < -0.4 is 4.74 Å². The molecule has 0 unspecified atom stereocenters. The zero-order chi connectivity index (χ0) is 17.1. The number of cyclic esters (lactones) is 1. The fourth-order valence-corrected chi connectivity index (χ4v) is 2.15. The van der Waals surface area contributed by atoms with Crippen LogP contribution >= 0.6 is 0 Å². The summed E-state index contributed by atoms with van der Waals surface area (Å²) in [5, 5.41) is 0. The summed E-state index contributed by atoms with van der Waals surface area (Å²) in [6.45, 7) is 1.30. The standard InChI is InChI=1S/C18H12FNO4/c1-11(21)23-15-7-2-4-12(8-15)9-16-18(22)24-17(20-16)13-5-3-6-14(19)10-13/h2-10H,1H3/b16-9-. The molecule has 0 saturated heterocycles. The van der Waals surface area contributed by atoms with Crippen molar-refractivity contribution in [2.45, 2.75) is 6.92 Å². The molecule has 0 bridgehead atoms. The summed E-state index contributed by atoms with van der Waals surface area (Å²) in [6.07, 6.45) is 1.50. The van der Waals surface area contributed by atoms with Gasteiger partial charge in [-0.25, -0.2) is 14.2 Å². The van der Waals surface area contributed by atoms with Crippen LogP contribution in [0.3, 0.4) is 0 Å². The topological polar surface area (TPSA) is 65.0 Å². The van der Waals surface area contributed by atoms with Crippen molar-refractivity contribution in [3.63, 3.8) is 0 Å². The third-order valence-electron chi connectivity index (χ3n) is 3.12. The van der Waals surface area contributed by atoms with E-state index < -0.39 is 17.8 Å². The summed E-state index contributed by atoms with van der Waals surface area (Å²) >= 11 is 0. The molecule has 0 spiro atoms. The first-order valence-corrected chi connectivity index (χ1v) is 7.08. The van der Waals surface area contributed by atoms with E-state index in [1.54, 1.807) is 30.3 Å². The Balaban J connectivity index is 1.90. The summed E-state index contributed by atoms with van der Waals surface area (Å²) < 4.78 is 23.3. The number of nitrogens with zero attached hydrogens (tertiary/aromatic N) is 1. The fourth-order valence-electron chi connectivity index (χ4n) is 2.15. The van der Waals surface area contributed by atoms with E-state index in [0.29, 0.717) is 16.9 Å². The highest BCUT2D eigenvalue weighted by Crippen LogP contribution is 2.21. The quantitative estimate of drug-likeness (QED) is 0.494. The average molecular weight is 325 g/mol. The Morgan fingerprint density at radius 1 is 1.21 bits per heavy atom. The highest BCUT2D eigenvalue weighted by molar-refractivity contribution is 6.12. The Hall–Kier alpha value is -3.28. The van der Waals surface area contributed by atoms with E-state index in [9.17, 15) is 14.0 Å². The predicted octanol–water partition coefficient (Wildman–Crippen LogP) is 3.10. The van der Waals surface area contributed by atoms with Gasteiger partial charge >= 0.3 is 11.9 Å². The molecule has 120 valence electrons. The fraction of sp³-hybridized carbons (Fsp3) is 0.0556. The van der Waals surface area contributed by atoms with Gasteiger partial charge in [-0.15, -0.1) is 0 Å². The van der Waals surface area contributed by atoms with Gasteiger partial charge in [0.05, 0.1) is 0 Å². The van der Waals surface area contributed by atoms with Crippen LogP contribution in [-0.4, -0.2) is 17.8 Å². The first-order chi connectivity index (χ1) is 11.5. The van der Waals surface area contributed by atoms with Crippen molar-refractivity contribution in [2.24, 2.45) is 4.99 Å². The van der Waals surface area contributed by atoms with Crippen molar-refractivity contribution in [1.29, 1.82) is 0 Å². The summed E-state index contributed by atoms with van der Waals surface area (Å²) in [5.41, 5.74) is 1.07. The van der Waals surface area contributed by atoms with Crippen LogP contribution in [0.5, 0.6) is 5.75 Å². The minimum absolute atomic E-state index is 0.0434. The summed E-state index contributed by atoms with van der Waals surface area (Å²) in [6, 6.07) is 12.2. The number of halogens is 1. The number of esters is 2. The van der Waals surface area contributed by atoms with Crippen LogP contribution in [-0.2, 0) is 14.3 Å². The van der Waals surface area contributed by atoms with Gasteiger partial charge in [-0.1, -0.05) is 18.2 Å². The number of hydrogen-bond donors (Lipinski definition) is 0. The molecule has 2 aromatic carbocycles. The molecule has 1 aliphatic rings. The Morgan fingerprint density at radius 2 is 2.00 bits per heavy atom. The zero-order valence-electron chi connectivity index (χ0n) is 12.7. The lowest BCUT2D eigenvalue weighted by atomic mass is 10.2. The number of hydrogen-bond acceptors (Lipinski definition) is 5. The minimum atomic E-state index is -0.632. The minimum Gasteiger partial charge on any atom is -0.427 e. The van der Waals surface area contributed by atoms with Gasteiger partial charge in [-0.3, -0.25) is 4.79 Å². The molecule has 1 aliphatic heterocycles. The molecular formula is C18H12FNO4. The van der Waals surface area contributed by atoms with Gasteiger partial charge in [-0.05, 0) is 42.0 Å². The Bertz CT molecular complexity index is 886. The van der Waals surface area contributed by atoms with Gasteiger partial charge in [0.1, 0.15) is 11.6 Å². The third kappa shape index (κ3) is 3.55. The van der Waals surface area contributed by atoms with E-state index in [0.717, 1.165) is 0 Å². The highest BCUT2D eigenvalue weighted by atomic mass is 19.1. The summed E-state index contributed by atoms with van der Waals surface area (Å²) in [5.74, 6) is -1.11. The molecule has 6 heteroatoms. The van der Waals surface area contributed by atoms with Gasteiger partial charge in [-0.2, -0.15) is 0 Å². The maximum absolute atomic E-state index is 13.3. The lowest BCUT2D eigenvalue weighted by Gasteiger charge is -2.01. The molecule has 0 radical (unpaired) electrons. The van der Waals surface area contributed by atoms with Gasteiger partial charge in [0.15, 0.2) is 5.70 Å². The van der Waals surface area contributed by atoms with E-state index in [1.165, 1.54) is 31.2 Å². The van der Waals surface area contributed by atoms with Crippen LogP contribution in [0, 0.1) is 5.82 Å². The third-order valence-corrected chi connectivity index (χ3v) is 3.12. The molecule has 0 N–H and O–H groups in total. The van der Waals surface area contributed by atoms with Crippen LogP contribution in [0.25, 0.3) is 6.08 Å². The van der Waals surface area contributed by atoms with E-state index in [4.69, 9.17) is 9.47 Å². The lowest BCUT2D eigenvalue weighted by molar-refractivity contribution is -0.132. The molecule has 0 saturated carbocycles. The van der Waals surface area contributed by atoms with Crippen molar-refractivity contribution in [3.8, 4) is 5.75 Å². The molecule has 2 aromatic rings. The number of ether oxygens (including phenoxy) is 2. The SMILES string of the molecule is CC(=O)Oc1cccc(/C=C2\N=C(c3cccc(F)c3)OC2=O)c1. The Kier molecular flexibility index (Phi) is 4.20. The van der Waals surface area contributed by atoms with Gasteiger partial charge in [0.2, 0.25) is 5.90 Å². The number of benzene rings is 2. The van der Waals surface area contributed by atoms with E-state index in [-0.39, 0.29) is 11.6 Å². The van der Waals surface area contributed by atoms with Gasteiger partial charge < -0.3 is 9.47 Å². The largest absolute Gasteiger partial charge is 0.427 e. The Labute approximate surface area is 137 Å². The normalized spacial score (nSPS) is 15.2. The Morgan fingerprint density at radius 3 is 2.75 bits per heavy atom. The molecule has 0 fully saturated rings. The van der Waals surface area contributed by atoms with Crippen LogP contribution in [0.2, 0.25) is 0 Å². The van der Waals surface area contributed by atoms with Crippen molar-refractivity contribution in [2.75, 3.05) is 0 Å². The van der Waals surface area contributed by atoms with Crippen LogP contribution in [0.15, 0.2) is 59.2 Å². The van der Waals surface area contributed by atoms with Crippen molar-refractivity contribution >= 4 is 23.9 Å². The maximum Gasteiger partial charge on any atom is 0.363 e. The second-order valence-corrected chi connectivity index (χ2v) is 5.01. The molecule has 0 atom stereocenters. The number of aliphatic imine (C=N–C) groups is 1. The maximum atomic E-state index is 13.3. The van der Waals surface area contributed by atoms with Crippen molar-refractivity contribution in [3.05, 3.63) is 71.2 Å². The lowest BCUT2D eigenvalue weighted by Crippen LogP contribution is -2.05. The molecular weight excluding hydrogens is 313 g/mol. The van der Waals surface area contributed by atoms with Crippen molar-refractivity contribution in [1.82, 2.24) is 0 Å². The highest BCUT2D eigenvalue weighted by Gasteiger charge is 2.24. The van der Waals surface area contributed by atoms with Gasteiger partial charge in [0.25, 0.3) is 0 Å². The molecule has 3 rings (SSSR count). The molecule has 0 amide bonds. The van der Waals surface area contributed by atoms with Crippen molar-refractivity contribution < 1.29 is 23.5 Å². The molecule has 0 aliphatic carbocycles. The van der Waals surface area contributed by atoms with Gasteiger partial charge in [0, 0.05) is 12.5 Å². The summed E-state index contributed by atoms with van der Waals surface area (Å²) in [7, 11) is 0. The second kappa shape index (κ2) is 6.45. The van der Waals surface area contributed by atoms with E-state index in [1.807, 2.05) is 0 Å². The van der Waals surface area contributed by atoms with Crippen LogP contribution in [0.4, 0.5) is 4.39 Å². The molecule has 5 nitrogen and oxygen atoms in total. The predicted molar refractivity (Wildman–Crippen MR) is 84.8 cm³/mol. The van der Waals surface area contributed by atoms with E-state index >= 15 is 0 Å². The molecule has 0 aromatic heterocycles. The monoisotopic (exact) mass is 325 g/mol. The number of carbonyl (C=O) groups is 2. The molecule has 24 heavy (non-hydrogen) atoms.